The first kappa shape index (κ1) is 15.8. The maximum atomic E-state index is 10.8. The van der Waals surface area contributed by atoms with Crippen LogP contribution >= 0.6 is 0 Å². The first-order chi connectivity index (χ1) is 7.22. The highest BCUT2D eigenvalue weighted by Crippen LogP contribution is 2.29. The van der Waals surface area contributed by atoms with Crippen molar-refractivity contribution in [3.05, 3.63) is 0 Å². The highest BCUT2D eigenvalue weighted by atomic mass is 32.2. The summed E-state index contributed by atoms with van der Waals surface area (Å²) >= 11 is 0. The third kappa shape index (κ3) is 3.96. The topological polar surface area (TPSA) is 141 Å². The van der Waals surface area contributed by atoms with Crippen LogP contribution in [0.5, 0.6) is 0 Å². The van der Waals surface area contributed by atoms with E-state index in [2.05, 4.69) is 0 Å². The Morgan fingerprint density at radius 1 is 1.19 bits per heavy atom. The molecular weight excluding hydrogens is 238 g/mol. The van der Waals surface area contributed by atoms with E-state index in [9.17, 15) is 8.42 Å². The molecule has 0 fully saturated rings. The van der Waals surface area contributed by atoms with Crippen LogP contribution in [0.15, 0.2) is 0 Å². The molecule has 0 aliphatic carbocycles. The van der Waals surface area contributed by atoms with Crippen molar-refractivity contribution in [3.63, 3.8) is 0 Å². The quantitative estimate of drug-likeness (QED) is 0.326. The Labute approximate surface area is 94.6 Å². The molecule has 0 bridgehead atoms. The summed E-state index contributed by atoms with van der Waals surface area (Å²) in [6.45, 7) is -0.392. The highest BCUT2D eigenvalue weighted by molar-refractivity contribution is 7.85. The van der Waals surface area contributed by atoms with E-state index in [1.54, 1.807) is 0 Å². The lowest BCUT2D eigenvalue weighted by atomic mass is 9.75. The summed E-state index contributed by atoms with van der Waals surface area (Å²) in [6.07, 6.45) is 0. The first-order valence-corrected chi connectivity index (χ1v) is 6.36. The smallest absolute Gasteiger partial charge is 0.265 e. The third-order valence-corrected chi connectivity index (χ3v) is 3.54. The van der Waals surface area contributed by atoms with E-state index in [1.807, 2.05) is 0 Å². The zero-order chi connectivity index (χ0) is 13.0. The van der Waals surface area contributed by atoms with Crippen LogP contribution in [0.25, 0.3) is 0 Å². The number of rotatable bonds is 7. The summed E-state index contributed by atoms with van der Waals surface area (Å²) in [7, 11) is -4.30. The molecule has 0 aromatic carbocycles. The minimum Gasteiger partial charge on any atom is -0.396 e. The number of hydrogen-bond acceptors (Lipinski definition) is 6. The summed E-state index contributed by atoms with van der Waals surface area (Å²) in [6, 6.07) is -0.714. The lowest BCUT2D eigenvalue weighted by molar-refractivity contribution is -0.0381. The van der Waals surface area contributed by atoms with Crippen molar-refractivity contribution < 1.29 is 28.3 Å². The van der Waals surface area contributed by atoms with E-state index < -0.39 is 53.1 Å². The van der Waals surface area contributed by atoms with Crippen molar-refractivity contribution >= 4 is 10.1 Å². The van der Waals surface area contributed by atoms with E-state index in [0.29, 0.717) is 0 Å². The summed E-state index contributed by atoms with van der Waals surface area (Å²) in [4.78, 5) is 0. The Balaban J connectivity index is 5.16. The van der Waals surface area contributed by atoms with Crippen molar-refractivity contribution in [2.75, 3.05) is 25.6 Å². The van der Waals surface area contributed by atoms with Crippen LogP contribution < -0.4 is 5.73 Å². The predicted molar refractivity (Wildman–Crippen MR) is 57.2 cm³/mol. The summed E-state index contributed by atoms with van der Waals surface area (Å²) in [5, 5.41) is 27.4. The molecule has 0 aromatic heterocycles. The molecule has 8 heteroatoms. The normalized spacial score (nSPS) is 17.1. The summed E-state index contributed by atoms with van der Waals surface area (Å²) in [5.74, 6) is -1.66. The van der Waals surface area contributed by atoms with Gasteiger partial charge in [0.05, 0.1) is 25.6 Å². The first-order valence-electron chi connectivity index (χ1n) is 4.75. The summed E-state index contributed by atoms with van der Waals surface area (Å²) < 4.78 is 30.3. The minimum absolute atomic E-state index is 0.623. The standard InChI is InChI=1S/C8H19NO6S/c1-6(9)7(2-16(13,14)15)8(3-10,4-11)5-12/h6-7,10-12H,2-5,9H2,1H3,(H,13,14,15). The lowest BCUT2D eigenvalue weighted by Gasteiger charge is -2.37. The van der Waals surface area contributed by atoms with E-state index in [1.165, 1.54) is 6.92 Å². The molecule has 0 amide bonds. The Bertz CT molecular complexity index is 289. The van der Waals surface area contributed by atoms with Gasteiger partial charge < -0.3 is 21.1 Å². The van der Waals surface area contributed by atoms with Gasteiger partial charge in [0.1, 0.15) is 0 Å². The minimum atomic E-state index is -4.30. The third-order valence-electron chi connectivity index (χ3n) is 2.76. The number of nitrogens with two attached hydrogens (primary N) is 1. The molecule has 2 atom stereocenters. The molecule has 0 saturated carbocycles. The van der Waals surface area contributed by atoms with Crippen molar-refractivity contribution in [2.45, 2.75) is 13.0 Å². The number of aliphatic hydroxyl groups excluding tert-OH is 3. The average molecular weight is 257 g/mol. The molecule has 0 aliphatic heterocycles. The fourth-order valence-electron chi connectivity index (χ4n) is 1.61. The van der Waals surface area contributed by atoms with E-state index in [4.69, 9.17) is 25.6 Å². The highest BCUT2D eigenvalue weighted by Gasteiger charge is 2.41. The SMILES string of the molecule is CC(N)C(CS(=O)(=O)O)C(CO)(CO)CO. The Morgan fingerprint density at radius 2 is 1.56 bits per heavy atom. The van der Waals surface area contributed by atoms with Gasteiger partial charge in [-0.1, -0.05) is 0 Å². The van der Waals surface area contributed by atoms with Crippen LogP contribution in [0.1, 0.15) is 6.92 Å². The van der Waals surface area contributed by atoms with Crippen LogP contribution in [-0.4, -0.2) is 59.9 Å². The van der Waals surface area contributed by atoms with Gasteiger partial charge in [0.25, 0.3) is 10.1 Å². The molecular formula is C8H19NO6S. The van der Waals surface area contributed by atoms with Crippen molar-refractivity contribution in [1.82, 2.24) is 0 Å². The van der Waals surface area contributed by atoms with Crippen LogP contribution in [0.3, 0.4) is 0 Å². The van der Waals surface area contributed by atoms with Crippen molar-refractivity contribution in [2.24, 2.45) is 17.1 Å². The maximum Gasteiger partial charge on any atom is 0.265 e. The van der Waals surface area contributed by atoms with Crippen LogP contribution in [0.4, 0.5) is 0 Å². The maximum absolute atomic E-state index is 10.8. The average Bonchev–Trinajstić information content (AvgIpc) is 2.17. The van der Waals surface area contributed by atoms with Crippen molar-refractivity contribution in [1.29, 1.82) is 0 Å². The van der Waals surface area contributed by atoms with Gasteiger partial charge in [0, 0.05) is 17.4 Å². The van der Waals surface area contributed by atoms with Crippen LogP contribution in [0.2, 0.25) is 0 Å². The molecule has 0 rings (SSSR count). The van der Waals surface area contributed by atoms with Gasteiger partial charge in [-0.05, 0) is 6.92 Å². The van der Waals surface area contributed by atoms with Gasteiger partial charge in [-0.25, -0.2) is 0 Å². The lowest BCUT2D eigenvalue weighted by Crippen LogP contribution is -2.51. The van der Waals surface area contributed by atoms with Gasteiger partial charge in [-0.15, -0.1) is 0 Å². The molecule has 0 spiro atoms. The van der Waals surface area contributed by atoms with Gasteiger partial charge in [-0.2, -0.15) is 8.42 Å². The van der Waals surface area contributed by atoms with E-state index in [0.717, 1.165) is 0 Å². The van der Waals surface area contributed by atoms with Crippen LogP contribution in [-0.2, 0) is 10.1 Å². The fraction of sp³-hybridized carbons (Fsp3) is 1.00. The monoisotopic (exact) mass is 257 g/mol. The van der Waals surface area contributed by atoms with Gasteiger partial charge in [-0.3, -0.25) is 4.55 Å². The number of aliphatic hydroxyl groups is 3. The van der Waals surface area contributed by atoms with E-state index >= 15 is 0 Å². The second-order valence-electron chi connectivity index (χ2n) is 4.05. The molecule has 16 heavy (non-hydrogen) atoms. The molecule has 2 unspecified atom stereocenters. The molecule has 7 nitrogen and oxygen atoms in total. The zero-order valence-corrected chi connectivity index (χ0v) is 9.89. The molecule has 0 radical (unpaired) electrons. The molecule has 6 N–H and O–H groups in total. The summed E-state index contributed by atoms with van der Waals surface area (Å²) in [5.41, 5.74) is 4.12. The van der Waals surface area contributed by atoms with Crippen molar-refractivity contribution in [3.8, 4) is 0 Å². The van der Waals surface area contributed by atoms with E-state index in [-0.39, 0.29) is 0 Å². The second-order valence-corrected chi connectivity index (χ2v) is 5.55. The molecule has 98 valence electrons. The Morgan fingerprint density at radius 3 is 1.75 bits per heavy atom. The largest absolute Gasteiger partial charge is 0.396 e. The van der Waals surface area contributed by atoms with Gasteiger partial charge >= 0.3 is 0 Å². The Kier molecular flexibility index (Phi) is 5.80. The fourth-order valence-corrected chi connectivity index (χ4v) is 2.73. The molecule has 0 aliphatic rings. The zero-order valence-electron chi connectivity index (χ0n) is 9.07. The van der Waals surface area contributed by atoms with Gasteiger partial charge in [0.15, 0.2) is 0 Å². The molecule has 0 aromatic rings. The van der Waals surface area contributed by atoms with Gasteiger partial charge in [0.2, 0.25) is 0 Å². The number of hydrogen-bond donors (Lipinski definition) is 5. The second kappa shape index (κ2) is 5.89. The molecule has 0 saturated heterocycles. The van der Waals surface area contributed by atoms with Crippen LogP contribution in [0, 0.1) is 11.3 Å². The predicted octanol–water partition coefficient (Wildman–Crippen LogP) is -2.20. The molecule has 0 heterocycles. The Hall–Kier alpha value is -0.250.